The van der Waals surface area contributed by atoms with Crippen LogP contribution in [0.15, 0.2) is 60.4 Å². The number of fused-ring (bicyclic) bond motifs is 1. The molecule has 1 N–H and O–H groups in total. The number of rotatable bonds is 2. The maximum Gasteiger partial charge on any atom is 0.171 e. The number of aryl methyl sites for hydroxylation is 1. The monoisotopic (exact) mass is 376 g/mol. The van der Waals surface area contributed by atoms with E-state index in [0.717, 1.165) is 35.1 Å². The summed E-state index contributed by atoms with van der Waals surface area (Å²) >= 11 is 6.01. The summed E-state index contributed by atoms with van der Waals surface area (Å²) < 4.78 is 0. The number of hydrogen-bond acceptors (Lipinski definition) is 2. The summed E-state index contributed by atoms with van der Waals surface area (Å²) in [5.41, 5.74) is 4.49. The van der Waals surface area contributed by atoms with Crippen molar-refractivity contribution in [2.75, 3.05) is 0 Å². The lowest BCUT2D eigenvalue weighted by atomic mass is 9.63. The van der Waals surface area contributed by atoms with Gasteiger partial charge in [0.2, 0.25) is 0 Å². The Morgan fingerprint density at radius 2 is 1.56 bits per heavy atom. The van der Waals surface area contributed by atoms with Crippen LogP contribution in [0.4, 0.5) is 0 Å². The maximum atomic E-state index is 13.3. The predicted molar refractivity (Wildman–Crippen MR) is 109 cm³/mol. The summed E-state index contributed by atoms with van der Waals surface area (Å²) in [7, 11) is 0. The minimum atomic E-state index is -0.0812. The number of carbonyl (C=O) groups excluding carboxylic acids is 1. The molecule has 2 bridgehead atoms. The summed E-state index contributed by atoms with van der Waals surface area (Å²) in [6, 6.07) is 13.8. The van der Waals surface area contributed by atoms with Crippen molar-refractivity contribution in [2.45, 2.75) is 19.8 Å². The fourth-order valence-corrected chi connectivity index (χ4v) is 5.29. The Kier molecular flexibility index (Phi) is 3.80. The van der Waals surface area contributed by atoms with Crippen LogP contribution in [0.25, 0.3) is 16.7 Å². The van der Waals surface area contributed by atoms with E-state index in [1.54, 1.807) is 0 Å². The van der Waals surface area contributed by atoms with Gasteiger partial charge in [-0.05, 0) is 72.1 Å². The highest BCUT2D eigenvalue weighted by atomic mass is 35.5. The van der Waals surface area contributed by atoms with E-state index in [4.69, 9.17) is 11.6 Å². The van der Waals surface area contributed by atoms with Gasteiger partial charge in [-0.25, -0.2) is 0 Å². The van der Waals surface area contributed by atoms with Gasteiger partial charge in [-0.15, -0.1) is 0 Å². The average molecular weight is 377 g/mol. The molecular formula is C24H21ClO2. The second-order valence-corrected chi connectivity index (χ2v) is 8.44. The molecule has 2 nitrogen and oxygen atoms in total. The third kappa shape index (κ3) is 2.50. The molecule has 0 unspecified atom stereocenters. The Morgan fingerprint density at radius 3 is 2.19 bits per heavy atom. The molecule has 0 saturated heterocycles. The molecule has 4 aliphatic rings. The number of carbonyl (C=O) groups is 1. The summed E-state index contributed by atoms with van der Waals surface area (Å²) in [6.07, 6.45) is 6.52. The first-order chi connectivity index (χ1) is 13.0. The van der Waals surface area contributed by atoms with E-state index >= 15 is 0 Å². The van der Waals surface area contributed by atoms with E-state index < -0.39 is 0 Å². The first-order valence-corrected chi connectivity index (χ1v) is 9.95. The quantitative estimate of drug-likeness (QED) is 0.653. The van der Waals surface area contributed by atoms with Crippen molar-refractivity contribution < 1.29 is 9.90 Å². The van der Waals surface area contributed by atoms with Crippen LogP contribution in [0.3, 0.4) is 0 Å². The standard InChI is InChI=1S/C24H21ClO2/c1-13-2-3-17(14-8-10-18(25)11-9-14)12-19(13)22-23(26)20-15-4-5-16(7-6-15)21(20)24(22)27/h2-5,8-12,15-16,20-21,26H,6-7H2,1H3/t15-,16+,20-,21+/m0/s1. The van der Waals surface area contributed by atoms with Gasteiger partial charge in [0.25, 0.3) is 0 Å². The molecule has 2 aromatic rings. The zero-order valence-electron chi connectivity index (χ0n) is 15.2. The van der Waals surface area contributed by atoms with Crippen LogP contribution < -0.4 is 0 Å². The van der Waals surface area contributed by atoms with Gasteiger partial charge in [0, 0.05) is 16.9 Å². The van der Waals surface area contributed by atoms with Gasteiger partial charge in [-0.1, -0.05) is 48.0 Å². The third-order valence-electron chi connectivity index (χ3n) is 6.55. The SMILES string of the molecule is Cc1ccc(-c2ccc(Cl)cc2)cc1C1=C(O)[C@@H]2[C@H](C1=O)[C@@H]1C=C[C@H]2CC1. The maximum absolute atomic E-state index is 13.3. The van der Waals surface area contributed by atoms with Crippen LogP contribution in [0.1, 0.15) is 24.0 Å². The van der Waals surface area contributed by atoms with Crippen molar-refractivity contribution >= 4 is 23.0 Å². The average Bonchev–Trinajstić information content (AvgIpc) is 2.97. The lowest BCUT2D eigenvalue weighted by Crippen LogP contribution is -2.38. The van der Waals surface area contributed by atoms with Gasteiger partial charge < -0.3 is 5.11 Å². The molecule has 136 valence electrons. The minimum absolute atomic E-state index is 0.0326. The Morgan fingerprint density at radius 1 is 0.926 bits per heavy atom. The summed E-state index contributed by atoms with van der Waals surface area (Å²) in [4.78, 5) is 13.3. The molecule has 0 aromatic heterocycles. The van der Waals surface area contributed by atoms with Gasteiger partial charge in [-0.3, -0.25) is 4.79 Å². The zero-order valence-corrected chi connectivity index (χ0v) is 15.9. The molecule has 0 aliphatic heterocycles. The zero-order chi connectivity index (χ0) is 18.7. The Hall–Kier alpha value is -2.32. The topological polar surface area (TPSA) is 37.3 Å². The van der Waals surface area contributed by atoms with Crippen LogP contribution in [0.2, 0.25) is 5.02 Å². The number of aliphatic hydroxyl groups is 1. The number of benzene rings is 2. The van der Waals surface area contributed by atoms with E-state index in [2.05, 4.69) is 18.2 Å². The number of aliphatic hydroxyl groups excluding tert-OH is 1. The molecule has 4 aliphatic carbocycles. The number of halogens is 1. The van der Waals surface area contributed by atoms with E-state index in [-0.39, 0.29) is 23.5 Å². The molecule has 0 spiro atoms. The Balaban J connectivity index is 1.61. The van der Waals surface area contributed by atoms with E-state index in [0.29, 0.717) is 22.3 Å². The van der Waals surface area contributed by atoms with Crippen molar-refractivity contribution in [1.82, 2.24) is 0 Å². The fourth-order valence-electron chi connectivity index (χ4n) is 5.17. The molecule has 0 radical (unpaired) electrons. The number of Topliss-reactive ketones (excluding diaryl/α,β-unsaturated/α-hetero) is 1. The van der Waals surface area contributed by atoms with Crippen molar-refractivity contribution in [2.24, 2.45) is 23.7 Å². The van der Waals surface area contributed by atoms with E-state index in [1.807, 2.05) is 43.3 Å². The van der Waals surface area contributed by atoms with Gasteiger partial charge in [0.05, 0.1) is 5.57 Å². The van der Waals surface area contributed by atoms with Crippen molar-refractivity contribution in [1.29, 1.82) is 0 Å². The second kappa shape index (κ2) is 6.10. The highest BCUT2D eigenvalue weighted by Gasteiger charge is 2.52. The number of ketones is 1. The fraction of sp³-hybridized carbons (Fsp3) is 0.292. The molecule has 6 rings (SSSR count). The smallest absolute Gasteiger partial charge is 0.171 e. The highest BCUT2D eigenvalue weighted by molar-refractivity contribution is 6.30. The van der Waals surface area contributed by atoms with Gasteiger partial charge in [0.15, 0.2) is 5.78 Å². The molecule has 2 aromatic carbocycles. The van der Waals surface area contributed by atoms with Crippen LogP contribution in [-0.4, -0.2) is 10.9 Å². The van der Waals surface area contributed by atoms with Crippen LogP contribution >= 0.6 is 11.6 Å². The van der Waals surface area contributed by atoms with E-state index in [9.17, 15) is 9.90 Å². The molecule has 4 atom stereocenters. The highest BCUT2D eigenvalue weighted by Crippen LogP contribution is 2.54. The molecular weight excluding hydrogens is 356 g/mol. The predicted octanol–water partition coefficient (Wildman–Crippen LogP) is 6.00. The van der Waals surface area contributed by atoms with Gasteiger partial charge in [-0.2, -0.15) is 0 Å². The van der Waals surface area contributed by atoms with Crippen LogP contribution in [0.5, 0.6) is 0 Å². The lowest BCUT2D eigenvalue weighted by Gasteiger charge is -2.40. The third-order valence-corrected chi connectivity index (χ3v) is 6.81. The first kappa shape index (κ1) is 16.8. The molecule has 27 heavy (non-hydrogen) atoms. The number of allylic oxidation sites excluding steroid dienone is 4. The second-order valence-electron chi connectivity index (χ2n) is 8.00. The lowest BCUT2D eigenvalue weighted by molar-refractivity contribution is -0.120. The molecule has 3 heteroatoms. The molecule has 0 heterocycles. The summed E-state index contributed by atoms with van der Waals surface area (Å²) in [5, 5.41) is 11.8. The summed E-state index contributed by atoms with van der Waals surface area (Å²) in [6.45, 7) is 2.00. The van der Waals surface area contributed by atoms with E-state index in [1.165, 1.54) is 0 Å². The largest absolute Gasteiger partial charge is 0.511 e. The van der Waals surface area contributed by atoms with Gasteiger partial charge in [0.1, 0.15) is 5.76 Å². The summed E-state index contributed by atoms with van der Waals surface area (Å²) in [5.74, 6) is 0.874. The Bertz CT molecular complexity index is 1000. The Labute approximate surface area is 164 Å². The van der Waals surface area contributed by atoms with Gasteiger partial charge >= 0.3 is 0 Å². The van der Waals surface area contributed by atoms with Crippen molar-refractivity contribution in [3.05, 3.63) is 76.5 Å². The normalized spacial score (nSPS) is 28.7. The first-order valence-electron chi connectivity index (χ1n) is 9.57. The number of hydrogen-bond donors (Lipinski definition) is 1. The van der Waals surface area contributed by atoms with Crippen molar-refractivity contribution in [3.63, 3.8) is 0 Å². The van der Waals surface area contributed by atoms with Crippen LogP contribution in [0, 0.1) is 30.6 Å². The van der Waals surface area contributed by atoms with Crippen molar-refractivity contribution in [3.8, 4) is 11.1 Å². The van der Waals surface area contributed by atoms with Crippen LogP contribution in [-0.2, 0) is 4.79 Å². The molecule has 0 amide bonds. The minimum Gasteiger partial charge on any atom is -0.511 e. The molecule has 1 saturated carbocycles. The molecule has 1 fully saturated rings.